The van der Waals surface area contributed by atoms with Gasteiger partial charge in [0.15, 0.2) is 6.23 Å². The van der Waals surface area contributed by atoms with Crippen LogP contribution >= 0.6 is 0 Å². The first-order valence-electron chi connectivity index (χ1n) is 6.13. The maximum atomic E-state index is 11.9. The van der Waals surface area contributed by atoms with Gasteiger partial charge in [0.2, 0.25) is 5.71 Å². The van der Waals surface area contributed by atoms with Crippen molar-refractivity contribution in [1.29, 1.82) is 0 Å². The van der Waals surface area contributed by atoms with E-state index in [1.165, 1.54) is 6.20 Å². The van der Waals surface area contributed by atoms with E-state index in [4.69, 9.17) is 14.3 Å². The molecule has 4 atom stereocenters. The van der Waals surface area contributed by atoms with Gasteiger partial charge in [-0.1, -0.05) is 0 Å². The topological polar surface area (TPSA) is 118 Å². The Morgan fingerprint density at radius 1 is 1.40 bits per heavy atom. The fourth-order valence-corrected chi connectivity index (χ4v) is 2.34. The van der Waals surface area contributed by atoms with Gasteiger partial charge in [0, 0.05) is 6.20 Å². The number of aromatic nitrogens is 2. The lowest BCUT2D eigenvalue weighted by Gasteiger charge is -2.16. The van der Waals surface area contributed by atoms with E-state index in [0.717, 1.165) is 4.57 Å². The predicted molar refractivity (Wildman–Crippen MR) is 66.0 cm³/mol. The van der Waals surface area contributed by atoms with E-state index in [-0.39, 0.29) is 5.71 Å². The van der Waals surface area contributed by atoms with E-state index < -0.39 is 36.8 Å². The van der Waals surface area contributed by atoms with E-state index in [0.29, 0.717) is 11.1 Å². The second-order valence-corrected chi connectivity index (χ2v) is 4.78. The summed E-state index contributed by atoms with van der Waals surface area (Å²) in [5.74, 6) is 0.603. The van der Waals surface area contributed by atoms with Gasteiger partial charge in [0.05, 0.1) is 12.0 Å². The minimum Gasteiger partial charge on any atom is -0.443 e. The van der Waals surface area contributed by atoms with Crippen LogP contribution in [0.4, 0.5) is 0 Å². The molecule has 0 aromatic carbocycles. The molecule has 3 rings (SSSR count). The normalized spacial score (nSPS) is 30.2. The van der Waals surface area contributed by atoms with E-state index in [1.807, 2.05) is 0 Å². The van der Waals surface area contributed by atoms with Crippen LogP contribution in [-0.4, -0.2) is 49.8 Å². The Hall–Kier alpha value is -1.74. The van der Waals surface area contributed by atoms with E-state index in [9.17, 15) is 15.0 Å². The van der Waals surface area contributed by atoms with E-state index >= 15 is 0 Å². The minimum absolute atomic E-state index is 0.204. The molecular weight excluding hydrogens is 268 g/mol. The molecule has 0 radical (unpaired) electrons. The first-order chi connectivity index (χ1) is 9.51. The molecule has 0 spiro atoms. The molecule has 1 fully saturated rings. The molecule has 0 saturated carbocycles. The summed E-state index contributed by atoms with van der Waals surface area (Å²) in [6.45, 7) is 1.27. The van der Waals surface area contributed by atoms with E-state index in [1.54, 1.807) is 13.0 Å². The van der Waals surface area contributed by atoms with Crippen LogP contribution in [0.25, 0.3) is 11.1 Å². The van der Waals surface area contributed by atoms with Gasteiger partial charge in [-0.15, -0.1) is 0 Å². The highest BCUT2D eigenvalue weighted by Crippen LogP contribution is 2.28. The maximum Gasteiger partial charge on any atom is 0.353 e. The maximum absolute atomic E-state index is 11.9. The number of aliphatic hydroxyl groups is 3. The van der Waals surface area contributed by atoms with E-state index in [2.05, 4.69) is 4.98 Å². The molecule has 3 N–H and O–H groups in total. The number of hydrogen-bond acceptors (Lipinski definition) is 7. The van der Waals surface area contributed by atoms with Crippen molar-refractivity contribution >= 4 is 11.1 Å². The first-order valence-corrected chi connectivity index (χ1v) is 6.13. The van der Waals surface area contributed by atoms with Crippen LogP contribution in [0.5, 0.6) is 0 Å². The fraction of sp³-hybridized carbons (Fsp3) is 0.500. The highest BCUT2D eigenvalue weighted by atomic mass is 16.6. The molecule has 2 aromatic heterocycles. The number of aryl methyl sites for hydroxylation is 1. The number of aliphatic hydroxyl groups excluding tert-OH is 3. The standard InChI is InChI=1S/C12H14N2O6/c1-5-2-6-3-14(12(18)13-10(6)19-5)11-9(17)8(16)7(4-15)20-11/h2-3,7-9,11,15-17H,4H2,1H3/t7-,8-,9-,11-/m1/s1. The molecule has 0 bridgehead atoms. The Kier molecular flexibility index (Phi) is 3.09. The lowest BCUT2D eigenvalue weighted by Crippen LogP contribution is -2.35. The zero-order chi connectivity index (χ0) is 14.4. The number of furan rings is 1. The molecule has 108 valence electrons. The third-order valence-corrected chi connectivity index (χ3v) is 3.35. The summed E-state index contributed by atoms with van der Waals surface area (Å²) in [5, 5.41) is 29.3. The molecule has 8 heteroatoms. The molecule has 0 amide bonds. The van der Waals surface area contributed by atoms with Crippen molar-refractivity contribution in [1.82, 2.24) is 9.55 Å². The van der Waals surface area contributed by atoms with Crippen molar-refractivity contribution in [2.45, 2.75) is 31.5 Å². The summed E-state index contributed by atoms with van der Waals surface area (Å²) in [7, 11) is 0. The predicted octanol–water partition coefficient (Wildman–Crippen LogP) is -1.09. The van der Waals surface area contributed by atoms with Crippen LogP contribution in [0.2, 0.25) is 0 Å². The lowest BCUT2D eigenvalue weighted by molar-refractivity contribution is -0.0547. The van der Waals surface area contributed by atoms with Crippen molar-refractivity contribution in [3.05, 3.63) is 28.5 Å². The number of nitrogens with zero attached hydrogens (tertiary/aromatic N) is 2. The van der Waals surface area contributed by atoms with Gasteiger partial charge in [-0.2, -0.15) is 4.98 Å². The first kappa shape index (κ1) is 13.3. The van der Waals surface area contributed by atoms with Crippen molar-refractivity contribution in [2.75, 3.05) is 6.61 Å². The smallest absolute Gasteiger partial charge is 0.353 e. The van der Waals surface area contributed by atoms with Crippen molar-refractivity contribution in [2.24, 2.45) is 0 Å². The van der Waals surface area contributed by atoms with Crippen molar-refractivity contribution < 1.29 is 24.5 Å². The van der Waals surface area contributed by atoms with Gasteiger partial charge >= 0.3 is 5.69 Å². The zero-order valence-corrected chi connectivity index (χ0v) is 10.6. The third kappa shape index (κ3) is 1.93. The van der Waals surface area contributed by atoms with Gasteiger partial charge in [0.1, 0.15) is 24.1 Å². The average Bonchev–Trinajstić information content (AvgIpc) is 2.89. The summed E-state index contributed by atoms with van der Waals surface area (Å²) >= 11 is 0. The Bertz CT molecular complexity index is 693. The molecule has 0 unspecified atom stereocenters. The van der Waals surface area contributed by atoms with Gasteiger partial charge in [-0.05, 0) is 13.0 Å². The van der Waals surface area contributed by atoms with Crippen LogP contribution in [0.15, 0.2) is 21.5 Å². The second-order valence-electron chi connectivity index (χ2n) is 4.78. The van der Waals surface area contributed by atoms with Crippen molar-refractivity contribution in [3.8, 4) is 0 Å². The number of rotatable bonds is 2. The van der Waals surface area contributed by atoms with Crippen LogP contribution in [0.1, 0.15) is 12.0 Å². The van der Waals surface area contributed by atoms with Gasteiger partial charge < -0.3 is 24.5 Å². The lowest BCUT2D eigenvalue weighted by atomic mass is 10.1. The summed E-state index contributed by atoms with van der Waals surface area (Å²) in [4.78, 5) is 15.7. The molecular formula is C12H14N2O6. The third-order valence-electron chi connectivity index (χ3n) is 3.35. The van der Waals surface area contributed by atoms with Crippen LogP contribution in [0, 0.1) is 6.92 Å². The molecule has 0 aliphatic carbocycles. The Morgan fingerprint density at radius 2 is 2.15 bits per heavy atom. The van der Waals surface area contributed by atoms with Crippen LogP contribution in [0.3, 0.4) is 0 Å². The van der Waals surface area contributed by atoms with Gasteiger partial charge in [-0.3, -0.25) is 4.57 Å². The average molecular weight is 282 g/mol. The molecule has 1 saturated heterocycles. The van der Waals surface area contributed by atoms with Gasteiger partial charge in [-0.25, -0.2) is 4.79 Å². The number of ether oxygens (including phenoxy) is 1. The molecule has 1 aliphatic heterocycles. The second kappa shape index (κ2) is 4.67. The number of fused-ring (bicyclic) bond motifs is 1. The highest BCUT2D eigenvalue weighted by molar-refractivity contribution is 5.72. The quantitative estimate of drug-likeness (QED) is 0.640. The minimum atomic E-state index is -1.32. The molecule has 3 heterocycles. The Balaban J connectivity index is 2.06. The molecule has 8 nitrogen and oxygen atoms in total. The fourth-order valence-electron chi connectivity index (χ4n) is 2.34. The molecule has 20 heavy (non-hydrogen) atoms. The highest BCUT2D eigenvalue weighted by Gasteiger charge is 2.43. The Morgan fingerprint density at radius 3 is 2.80 bits per heavy atom. The van der Waals surface area contributed by atoms with Gasteiger partial charge in [0.25, 0.3) is 0 Å². The zero-order valence-electron chi connectivity index (χ0n) is 10.6. The monoisotopic (exact) mass is 282 g/mol. The SMILES string of the molecule is Cc1cc2cn([C@@H]3O[C@H](CO)[C@@H](O)[C@H]3O)c(=O)nc2o1. The summed E-state index contributed by atoms with van der Waals surface area (Å²) in [6.07, 6.45) is -3.18. The molecule has 1 aliphatic rings. The van der Waals surface area contributed by atoms with Crippen molar-refractivity contribution in [3.63, 3.8) is 0 Å². The Labute approximate surface area is 112 Å². The summed E-state index contributed by atoms with van der Waals surface area (Å²) in [6, 6.07) is 1.69. The number of hydrogen-bond donors (Lipinski definition) is 3. The van der Waals surface area contributed by atoms with Crippen LogP contribution < -0.4 is 5.69 Å². The largest absolute Gasteiger partial charge is 0.443 e. The van der Waals surface area contributed by atoms with Crippen LogP contribution in [-0.2, 0) is 4.74 Å². The summed E-state index contributed by atoms with van der Waals surface area (Å²) < 4.78 is 11.6. The summed E-state index contributed by atoms with van der Waals surface area (Å²) in [5.41, 5.74) is -0.461. The molecule has 2 aromatic rings.